The van der Waals surface area contributed by atoms with Crippen molar-refractivity contribution in [3.8, 4) is 0 Å². The number of esters is 1. The van der Waals surface area contributed by atoms with Gasteiger partial charge in [0.1, 0.15) is 5.82 Å². The number of hydrogen-bond donors (Lipinski definition) is 1. The molecule has 2 atom stereocenters. The highest BCUT2D eigenvalue weighted by Crippen LogP contribution is 2.12. The number of nitrogens with one attached hydrogen (secondary N) is 1. The van der Waals surface area contributed by atoms with Gasteiger partial charge in [-0.05, 0) is 13.3 Å². The van der Waals surface area contributed by atoms with E-state index in [0.29, 0.717) is 0 Å². The van der Waals surface area contributed by atoms with Crippen LogP contribution in [0.15, 0.2) is 12.3 Å². The summed E-state index contributed by atoms with van der Waals surface area (Å²) >= 11 is 0. The first-order valence-electron chi connectivity index (χ1n) is 5.37. The van der Waals surface area contributed by atoms with Crippen LogP contribution >= 0.6 is 0 Å². The summed E-state index contributed by atoms with van der Waals surface area (Å²) in [5, 5.41) is 7.36. The van der Waals surface area contributed by atoms with Crippen molar-refractivity contribution in [3.63, 3.8) is 0 Å². The summed E-state index contributed by atoms with van der Waals surface area (Å²) in [6, 6.07) is 2.10. The molecule has 0 bridgehead atoms. The molecule has 1 aromatic heterocycles. The molecule has 0 aliphatic carbocycles. The Kier molecular flexibility index (Phi) is 4.34. The van der Waals surface area contributed by atoms with Crippen LogP contribution in [0, 0.1) is 5.92 Å². The molecule has 5 heteroatoms. The van der Waals surface area contributed by atoms with Crippen molar-refractivity contribution < 1.29 is 9.53 Å². The van der Waals surface area contributed by atoms with Gasteiger partial charge in [-0.15, -0.1) is 0 Å². The lowest BCUT2D eigenvalue weighted by Gasteiger charge is -2.18. The SMILES string of the molecule is COC(=O)C(C)CC(C)Nc1ccnn1C. The molecule has 0 aromatic carbocycles. The predicted molar refractivity (Wildman–Crippen MR) is 62.1 cm³/mol. The van der Waals surface area contributed by atoms with Gasteiger partial charge in [-0.1, -0.05) is 6.92 Å². The minimum absolute atomic E-state index is 0.0965. The van der Waals surface area contributed by atoms with Crippen LogP contribution in [0.4, 0.5) is 5.82 Å². The molecule has 0 saturated heterocycles. The Labute approximate surface area is 95.8 Å². The second-order valence-corrected chi connectivity index (χ2v) is 4.05. The van der Waals surface area contributed by atoms with Gasteiger partial charge in [0.2, 0.25) is 0 Å². The fourth-order valence-electron chi connectivity index (χ4n) is 1.65. The van der Waals surface area contributed by atoms with Gasteiger partial charge in [0.05, 0.1) is 19.2 Å². The van der Waals surface area contributed by atoms with Gasteiger partial charge in [-0.3, -0.25) is 9.48 Å². The molecule has 0 saturated carbocycles. The highest BCUT2D eigenvalue weighted by Gasteiger charge is 2.17. The highest BCUT2D eigenvalue weighted by atomic mass is 16.5. The second kappa shape index (κ2) is 5.53. The molecular weight excluding hydrogens is 206 g/mol. The molecule has 0 aliphatic rings. The Morgan fingerprint density at radius 2 is 2.31 bits per heavy atom. The van der Waals surface area contributed by atoms with E-state index in [1.54, 1.807) is 10.9 Å². The van der Waals surface area contributed by atoms with Crippen LogP contribution in [0.25, 0.3) is 0 Å². The summed E-state index contributed by atoms with van der Waals surface area (Å²) in [6.45, 7) is 3.90. The number of rotatable bonds is 5. The zero-order chi connectivity index (χ0) is 12.1. The van der Waals surface area contributed by atoms with Gasteiger partial charge in [-0.25, -0.2) is 0 Å². The molecule has 1 rings (SSSR count). The molecule has 2 unspecified atom stereocenters. The van der Waals surface area contributed by atoms with Gasteiger partial charge < -0.3 is 10.1 Å². The van der Waals surface area contributed by atoms with Crippen LogP contribution in [-0.2, 0) is 16.6 Å². The Balaban J connectivity index is 2.45. The zero-order valence-corrected chi connectivity index (χ0v) is 10.2. The van der Waals surface area contributed by atoms with Crippen molar-refractivity contribution in [1.82, 2.24) is 9.78 Å². The minimum atomic E-state index is -0.168. The van der Waals surface area contributed by atoms with Crippen LogP contribution in [0.2, 0.25) is 0 Å². The number of hydrogen-bond acceptors (Lipinski definition) is 4. The molecule has 90 valence electrons. The summed E-state index contributed by atoms with van der Waals surface area (Å²) in [5.74, 6) is 0.684. The Hall–Kier alpha value is -1.52. The van der Waals surface area contributed by atoms with Crippen molar-refractivity contribution in [2.45, 2.75) is 26.3 Å². The molecule has 16 heavy (non-hydrogen) atoms. The molecule has 0 aliphatic heterocycles. The van der Waals surface area contributed by atoms with Crippen LogP contribution in [-0.4, -0.2) is 28.9 Å². The summed E-state index contributed by atoms with van der Waals surface area (Å²) in [5.41, 5.74) is 0. The van der Waals surface area contributed by atoms with E-state index in [4.69, 9.17) is 0 Å². The summed E-state index contributed by atoms with van der Waals surface area (Å²) < 4.78 is 6.45. The maximum absolute atomic E-state index is 11.2. The third-order valence-corrected chi connectivity index (χ3v) is 2.53. The number of carbonyl (C=O) groups is 1. The molecule has 0 fully saturated rings. The van der Waals surface area contributed by atoms with Gasteiger partial charge in [0.25, 0.3) is 0 Å². The standard InChI is InChI=1S/C11H19N3O2/c1-8(11(15)16-4)7-9(2)13-10-5-6-12-14(10)3/h5-6,8-9,13H,7H2,1-4H3. The van der Waals surface area contributed by atoms with E-state index in [9.17, 15) is 4.79 Å². The number of methoxy groups -OCH3 is 1. The van der Waals surface area contributed by atoms with Crippen molar-refractivity contribution in [3.05, 3.63) is 12.3 Å². The zero-order valence-electron chi connectivity index (χ0n) is 10.2. The van der Waals surface area contributed by atoms with E-state index >= 15 is 0 Å². The maximum Gasteiger partial charge on any atom is 0.308 e. The van der Waals surface area contributed by atoms with E-state index < -0.39 is 0 Å². The molecule has 0 radical (unpaired) electrons. The first-order valence-corrected chi connectivity index (χ1v) is 5.37. The quantitative estimate of drug-likeness (QED) is 0.770. The van der Waals surface area contributed by atoms with Gasteiger partial charge >= 0.3 is 5.97 Å². The van der Waals surface area contributed by atoms with Crippen molar-refractivity contribution in [2.24, 2.45) is 13.0 Å². The smallest absolute Gasteiger partial charge is 0.308 e. The fourth-order valence-corrected chi connectivity index (χ4v) is 1.65. The van der Waals surface area contributed by atoms with Crippen LogP contribution in [0.5, 0.6) is 0 Å². The number of anilines is 1. The lowest BCUT2D eigenvalue weighted by atomic mass is 10.0. The van der Waals surface area contributed by atoms with Crippen molar-refractivity contribution in [2.75, 3.05) is 12.4 Å². The van der Waals surface area contributed by atoms with E-state index in [2.05, 4.69) is 15.2 Å². The molecular formula is C11H19N3O2. The lowest BCUT2D eigenvalue weighted by molar-refractivity contribution is -0.145. The van der Waals surface area contributed by atoms with Crippen molar-refractivity contribution in [1.29, 1.82) is 0 Å². The number of aryl methyl sites for hydroxylation is 1. The van der Waals surface area contributed by atoms with Crippen LogP contribution in [0.1, 0.15) is 20.3 Å². The van der Waals surface area contributed by atoms with Crippen LogP contribution in [0.3, 0.4) is 0 Å². The number of carbonyl (C=O) groups excluding carboxylic acids is 1. The first-order chi connectivity index (χ1) is 7.54. The Morgan fingerprint density at radius 1 is 1.62 bits per heavy atom. The largest absolute Gasteiger partial charge is 0.469 e. The first kappa shape index (κ1) is 12.5. The lowest BCUT2D eigenvalue weighted by Crippen LogP contribution is -2.24. The van der Waals surface area contributed by atoms with Gasteiger partial charge in [0.15, 0.2) is 0 Å². The molecule has 0 amide bonds. The van der Waals surface area contributed by atoms with E-state index in [1.807, 2.05) is 27.0 Å². The molecule has 0 spiro atoms. The average molecular weight is 225 g/mol. The second-order valence-electron chi connectivity index (χ2n) is 4.05. The van der Waals surface area contributed by atoms with Crippen molar-refractivity contribution >= 4 is 11.8 Å². The Morgan fingerprint density at radius 3 is 2.81 bits per heavy atom. The molecule has 1 N–H and O–H groups in total. The minimum Gasteiger partial charge on any atom is -0.469 e. The topological polar surface area (TPSA) is 56.1 Å². The van der Waals surface area contributed by atoms with E-state index in [1.165, 1.54) is 7.11 Å². The monoisotopic (exact) mass is 225 g/mol. The van der Waals surface area contributed by atoms with E-state index in [-0.39, 0.29) is 17.9 Å². The summed E-state index contributed by atoms with van der Waals surface area (Å²) in [6.07, 6.45) is 2.47. The van der Waals surface area contributed by atoms with E-state index in [0.717, 1.165) is 12.2 Å². The molecule has 1 heterocycles. The third-order valence-electron chi connectivity index (χ3n) is 2.53. The highest BCUT2D eigenvalue weighted by molar-refractivity contribution is 5.71. The normalized spacial score (nSPS) is 14.2. The maximum atomic E-state index is 11.2. The Bertz CT molecular complexity index is 349. The number of ether oxygens (including phenoxy) is 1. The number of nitrogens with zero attached hydrogens (tertiary/aromatic N) is 2. The number of aromatic nitrogens is 2. The van der Waals surface area contributed by atoms with Crippen LogP contribution < -0.4 is 5.32 Å². The van der Waals surface area contributed by atoms with Gasteiger partial charge in [-0.2, -0.15) is 5.10 Å². The molecule has 1 aromatic rings. The van der Waals surface area contributed by atoms with Gasteiger partial charge in [0, 0.05) is 19.2 Å². The summed E-state index contributed by atoms with van der Waals surface area (Å²) in [7, 11) is 3.29. The predicted octanol–water partition coefficient (Wildman–Crippen LogP) is 1.42. The average Bonchev–Trinajstić information content (AvgIpc) is 2.63. The fraction of sp³-hybridized carbons (Fsp3) is 0.636. The molecule has 5 nitrogen and oxygen atoms in total. The summed E-state index contributed by atoms with van der Waals surface area (Å²) in [4.78, 5) is 11.2. The third kappa shape index (κ3) is 3.25.